The van der Waals surface area contributed by atoms with Crippen LogP contribution in [0.4, 0.5) is 5.69 Å². The molecule has 3 N–H and O–H groups in total. The average molecular weight is 206 g/mol. The molecule has 0 fully saturated rings. The first-order chi connectivity index (χ1) is 7.15. The fourth-order valence-corrected chi connectivity index (χ4v) is 1.10. The van der Waals surface area contributed by atoms with E-state index in [4.69, 9.17) is 5.73 Å². The second-order valence-corrected chi connectivity index (χ2v) is 3.41. The van der Waals surface area contributed by atoms with Gasteiger partial charge in [-0.2, -0.15) is 0 Å². The largest absolute Gasteiger partial charge is 0.398 e. The molecule has 80 valence electrons. The first-order valence-corrected chi connectivity index (χ1v) is 4.73. The highest BCUT2D eigenvalue weighted by Crippen LogP contribution is 2.09. The first kappa shape index (κ1) is 11.2. The number of amides is 1. The van der Waals surface area contributed by atoms with Gasteiger partial charge in [-0.05, 0) is 12.1 Å². The van der Waals surface area contributed by atoms with E-state index in [2.05, 4.69) is 5.32 Å². The number of benzene rings is 1. The van der Waals surface area contributed by atoms with E-state index in [0.29, 0.717) is 17.8 Å². The van der Waals surface area contributed by atoms with Crippen molar-refractivity contribution in [1.82, 2.24) is 5.32 Å². The molecule has 15 heavy (non-hydrogen) atoms. The Labute approximate surface area is 88.5 Å². The lowest BCUT2D eigenvalue weighted by Crippen LogP contribution is -2.29. The highest BCUT2D eigenvalue weighted by molar-refractivity contribution is 5.99. The van der Waals surface area contributed by atoms with Crippen LogP contribution in [-0.4, -0.2) is 18.7 Å². The summed E-state index contributed by atoms with van der Waals surface area (Å²) in [6.07, 6.45) is 0.800. The predicted molar refractivity (Wildman–Crippen MR) is 58.4 cm³/mol. The summed E-state index contributed by atoms with van der Waals surface area (Å²) >= 11 is 0. The van der Waals surface area contributed by atoms with Crippen molar-refractivity contribution in [2.75, 3.05) is 12.3 Å². The second-order valence-electron chi connectivity index (χ2n) is 3.41. The number of carbonyl (C=O) groups excluding carboxylic acids is 2. The van der Waals surface area contributed by atoms with Crippen molar-refractivity contribution >= 4 is 17.9 Å². The van der Waals surface area contributed by atoms with Crippen molar-refractivity contribution in [1.29, 1.82) is 0 Å². The molecule has 1 atom stereocenters. The van der Waals surface area contributed by atoms with Crippen LogP contribution in [0.15, 0.2) is 24.3 Å². The number of anilines is 1. The number of hydrogen-bond donors (Lipinski definition) is 2. The van der Waals surface area contributed by atoms with Crippen molar-refractivity contribution in [2.24, 2.45) is 5.92 Å². The topological polar surface area (TPSA) is 72.2 Å². The van der Waals surface area contributed by atoms with Gasteiger partial charge in [-0.15, -0.1) is 0 Å². The predicted octanol–water partition coefficient (Wildman–Crippen LogP) is 0.834. The summed E-state index contributed by atoms with van der Waals surface area (Å²) in [5.74, 6) is -0.430. The molecule has 1 amide bonds. The highest BCUT2D eigenvalue weighted by Gasteiger charge is 2.09. The molecular formula is C11H14N2O2. The van der Waals surface area contributed by atoms with Gasteiger partial charge >= 0.3 is 0 Å². The van der Waals surface area contributed by atoms with Gasteiger partial charge in [0.05, 0.1) is 5.56 Å². The molecule has 4 heteroatoms. The Hall–Kier alpha value is -1.84. The van der Waals surface area contributed by atoms with Gasteiger partial charge in [0.1, 0.15) is 6.29 Å². The zero-order valence-electron chi connectivity index (χ0n) is 8.57. The lowest BCUT2D eigenvalue weighted by atomic mass is 10.1. The number of nitrogen functional groups attached to an aromatic ring is 1. The molecule has 0 spiro atoms. The van der Waals surface area contributed by atoms with Gasteiger partial charge in [-0.3, -0.25) is 4.79 Å². The maximum atomic E-state index is 11.6. The van der Waals surface area contributed by atoms with Crippen molar-refractivity contribution in [3.05, 3.63) is 29.8 Å². The van der Waals surface area contributed by atoms with Crippen molar-refractivity contribution in [3.8, 4) is 0 Å². The first-order valence-electron chi connectivity index (χ1n) is 4.73. The van der Waals surface area contributed by atoms with E-state index < -0.39 is 0 Å². The normalized spacial score (nSPS) is 11.8. The quantitative estimate of drug-likeness (QED) is 0.566. The third kappa shape index (κ3) is 3.09. The third-order valence-corrected chi connectivity index (χ3v) is 2.02. The van der Waals surface area contributed by atoms with Gasteiger partial charge in [0, 0.05) is 18.2 Å². The zero-order valence-corrected chi connectivity index (χ0v) is 8.57. The average Bonchev–Trinajstić information content (AvgIpc) is 2.26. The third-order valence-electron chi connectivity index (χ3n) is 2.02. The SMILES string of the molecule is C[C@H](C=O)CNC(=O)c1ccccc1N. The Morgan fingerprint density at radius 3 is 2.80 bits per heavy atom. The molecule has 0 aliphatic heterocycles. The van der Waals surface area contributed by atoms with E-state index in [1.54, 1.807) is 31.2 Å². The van der Waals surface area contributed by atoms with Crippen molar-refractivity contribution < 1.29 is 9.59 Å². The summed E-state index contributed by atoms with van der Waals surface area (Å²) in [5.41, 5.74) is 6.51. The van der Waals surface area contributed by atoms with Gasteiger partial charge in [0.2, 0.25) is 0 Å². The molecule has 0 bridgehead atoms. The van der Waals surface area contributed by atoms with Gasteiger partial charge in [0.15, 0.2) is 0 Å². The molecule has 1 aromatic rings. The minimum atomic E-state index is -0.248. The molecule has 1 aromatic carbocycles. The molecule has 4 nitrogen and oxygen atoms in total. The van der Waals surface area contributed by atoms with Crippen LogP contribution in [-0.2, 0) is 4.79 Å². The van der Waals surface area contributed by atoms with Crippen LogP contribution in [0.2, 0.25) is 0 Å². The fraction of sp³-hybridized carbons (Fsp3) is 0.273. The maximum absolute atomic E-state index is 11.6. The zero-order chi connectivity index (χ0) is 11.3. The van der Waals surface area contributed by atoms with Crippen LogP contribution in [0.1, 0.15) is 17.3 Å². The Morgan fingerprint density at radius 1 is 1.53 bits per heavy atom. The summed E-state index contributed by atoms with van der Waals surface area (Å²) in [7, 11) is 0. The monoisotopic (exact) mass is 206 g/mol. The van der Waals surface area contributed by atoms with Gasteiger partial charge in [-0.25, -0.2) is 0 Å². The smallest absolute Gasteiger partial charge is 0.253 e. The Morgan fingerprint density at radius 2 is 2.20 bits per heavy atom. The number of nitrogens with two attached hydrogens (primary N) is 1. The minimum absolute atomic E-state index is 0.182. The maximum Gasteiger partial charge on any atom is 0.253 e. The molecule has 0 aliphatic rings. The summed E-state index contributed by atoms with van der Waals surface area (Å²) in [6.45, 7) is 2.07. The fourth-order valence-electron chi connectivity index (χ4n) is 1.10. The van der Waals surface area contributed by atoms with Crippen LogP contribution in [0, 0.1) is 5.92 Å². The summed E-state index contributed by atoms with van der Waals surface area (Å²) < 4.78 is 0. The second kappa shape index (κ2) is 5.14. The van der Waals surface area contributed by atoms with Crippen LogP contribution in [0.5, 0.6) is 0 Å². The molecule has 1 rings (SSSR count). The van der Waals surface area contributed by atoms with Crippen LogP contribution >= 0.6 is 0 Å². The molecule has 0 saturated heterocycles. The van der Waals surface area contributed by atoms with Gasteiger partial charge in [-0.1, -0.05) is 19.1 Å². The number of para-hydroxylation sites is 1. The number of hydrogen-bond acceptors (Lipinski definition) is 3. The number of carbonyl (C=O) groups is 2. The van der Waals surface area contributed by atoms with Crippen molar-refractivity contribution in [3.63, 3.8) is 0 Å². The van der Waals surface area contributed by atoms with E-state index >= 15 is 0 Å². The van der Waals surface area contributed by atoms with E-state index in [-0.39, 0.29) is 11.8 Å². The molecule has 0 radical (unpaired) electrons. The van der Waals surface area contributed by atoms with E-state index in [9.17, 15) is 9.59 Å². The lowest BCUT2D eigenvalue weighted by Gasteiger charge is -2.08. The molecule has 0 aliphatic carbocycles. The molecule has 0 unspecified atom stereocenters. The van der Waals surface area contributed by atoms with Crippen LogP contribution in [0.25, 0.3) is 0 Å². The van der Waals surface area contributed by atoms with E-state index in [0.717, 1.165) is 6.29 Å². The lowest BCUT2D eigenvalue weighted by molar-refractivity contribution is -0.110. The molecule has 0 heterocycles. The summed E-state index contributed by atoms with van der Waals surface area (Å²) in [6, 6.07) is 6.82. The van der Waals surface area contributed by atoms with Crippen LogP contribution < -0.4 is 11.1 Å². The minimum Gasteiger partial charge on any atom is -0.398 e. The van der Waals surface area contributed by atoms with Crippen LogP contribution in [0.3, 0.4) is 0 Å². The standard InChI is InChI=1S/C11H14N2O2/c1-8(7-14)6-13-11(15)9-4-2-3-5-10(9)12/h2-5,7-8H,6,12H2,1H3,(H,13,15)/t8-/m0/s1. The molecule has 0 saturated carbocycles. The van der Waals surface area contributed by atoms with E-state index in [1.165, 1.54) is 0 Å². The molecule has 0 aromatic heterocycles. The van der Waals surface area contributed by atoms with Crippen molar-refractivity contribution in [2.45, 2.75) is 6.92 Å². The molecular weight excluding hydrogens is 192 g/mol. The Kier molecular flexibility index (Phi) is 3.85. The van der Waals surface area contributed by atoms with Gasteiger partial charge in [0.25, 0.3) is 5.91 Å². The highest BCUT2D eigenvalue weighted by atomic mass is 16.1. The number of rotatable bonds is 4. The summed E-state index contributed by atoms with van der Waals surface area (Å²) in [4.78, 5) is 21.9. The van der Waals surface area contributed by atoms with E-state index in [1.807, 2.05) is 0 Å². The Balaban J connectivity index is 2.62. The Bertz CT molecular complexity index is 363. The number of nitrogens with one attached hydrogen (secondary N) is 1. The number of aldehydes is 1. The van der Waals surface area contributed by atoms with Gasteiger partial charge < -0.3 is 15.8 Å². The summed E-state index contributed by atoms with van der Waals surface area (Å²) in [5, 5.41) is 2.64.